The Morgan fingerprint density at radius 3 is 1.35 bits per heavy atom. The normalized spacial score (nSPS) is 21.8. The number of hydrogen-bond acceptors (Lipinski definition) is 20. The van der Waals surface area contributed by atoms with Crippen LogP contribution in [0.25, 0.3) is 0 Å². The maximum Gasteiger partial charge on any atom is 0.281 e. The average molecular weight is 1580 g/mol. The van der Waals surface area contributed by atoms with Gasteiger partial charge in [-0.3, -0.25) is 24.0 Å². The van der Waals surface area contributed by atoms with Gasteiger partial charge in [-0.25, -0.2) is 18.4 Å². The lowest BCUT2D eigenvalue weighted by Crippen LogP contribution is -2.40. The molecule has 0 N–H and O–H groups in total. The van der Waals surface area contributed by atoms with Crippen LogP contribution < -0.4 is 5.56 Å². The minimum atomic E-state index is -3.46. The zero-order valence-electron chi connectivity index (χ0n) is 68.4. The molecule has 0 spiro atoms. The third-order valence-corrected chi connectivity index (χ3v) is 23.9. The lowest BCUT2D eigenvalue weighted by atomic mass is 9.90. The summed E-state index contributed by atoms with van der Waals surface area (Å²) in [5.41, 5.74) is -2.68. The maximum atomic E-state index is 11.6. The van der Waals surface area contributed by atoms with Gasteiger partial charge in [0.25, 0.3) is 53.4 Å². The van der Waals surface area contributed by atoms with Gasteiger partial charge in [0.2, 0.25) is 17.7 Å². The number of thioether (sulfide) groups is 4. The molecule has 103 heavy (non-hydrogen) atoms. The number of carbonyl (C=O) groups excluding carboxylic acids is 4. The van der Waals surface area contributed by atoms with Crippen LogP contribution in [0.3, 0.4) is 0 Å². The lowest BCUT2D eigenvalue weighted by molar-refractivity contribution is -0.129. The molecule has 7 aliphatic rings. The van der Waals surface area contributed by atoms with Crippen molar-refractivity contribution in [2.45, 2.75) is 283 Å². The molecule has 0 aromatic carbocycles. The van der Waals surface area contributed by atoms with Crippen LogP contribution in [0.15, 0.2) is 69.9 Å². The number of carbonyl (C=O) groups is 4. The topological polar surface area (TPSA) is 328 Å². The molecule has 1 aromatic heterocycles. The third kappa shape index (κ3) is 35.8. The van der Waals surface area contributed by atoms with Crippen molar-refractivity contribution in [2.75, 3.05) is 18.1 Å². The SMILES string of the molecule is CC(C)(C)C1=NC(=O)C(C)(C)CO1.CC(C)(C)C1=NC(=O)C(C)(C)CS1.CC1(C)CC(=O)N=C(C(C)(C)C)O1.CC1(C)CC(=O)N=C(C(C)(C)C)S1.CC1=CS(=O)(=O)N=C(C(C)(C)C)O1.CC1=CS(=O)(=O)N=C(C(C)(C)C)S1.CC1CS(=O)(=O)N=C(C(C)(C)C)S1.Cc1cc(=O)nc(C(C)(C)C)o1. The number of ether oxygens (including phenoxy) is 3. The van der Waals surface area contributed by atoms with Crippen LogP contribution in [-0.2, 0) is 68.9 Å². The minimum absolute atomic E-state index is 0.00197. The molecule has 0 saturated heterocycles. The van der Waals surface area contributed by atoms with Gasteiger partial charge in [0.1, 0.15) is 23.7 Å². The Labute approximate surface area is 634 Å². The first-order chi connectivity index (χ1) is 45.4. The largest absolute Gasteiger partial charge is 0.479 e. The highest BCUT2D eigenvalue weighted by Crippen LogP contribution is 2.41. The van der Waals surface area contributed by atoms with Crippen LogP contribution >= 0.6 is 47.0 Å². The third-order valence-electron chi connectivity index (χ3n) is 13.5. The predicted molar refractivity (Wildman–Crippen MR) is 431 cm³/mol. The standard InChI is InChI=1S/2C10H17NO2.2C10H17NOS.C9H13NO2.C8H13NO3S.C8H15NO2S2.C8H13NO2S2/c1-9(2,3)8-11-7(12)10(4,5)6-13-8;1-9(2,3)8-11-7(12)6-10(4,5)13-8;1-9(2,3)8-11-7(12)10(4,5)6-13-8;1-9(2,3)8-11-7(12)6-10(4,5)13-8;1-6-5-7(11)10-8(12-6)9(2,3)4;3*1-6-5-13(10,11)9-7(12-6)8(2,3)4/h4*6H2,1-5H3;5H,1-4H3;5H,1-4H3;6H,5H2,1-4H3;5H,1-4H3. The van der Waals surface area contributed by atoms with E-state index in [0.29, 0.717) is 53.7 Å². The molecule has 1 unspecified atom stereocenters. The van der Waals surface area contributed by atoms with E-state index in [1.54, 1.807) is 56.1 Å². The van der Waals surface area contributed by atoms with Crippen LogP contribution in [0.1, 0.15) is 267 Å². The van der Waals surface area contributed by atoms with Crippen molar-refractivity contribution in [1.29, 1.82) is 0 Å². The quantitative estimate of drug-likeness (QED) is 0.233. The number of aliphatic imine (C=N–C) groups is 4. The van der Waals surface area contributed by atoms with Crippen molar-refractivity contribution in [2.24, 2.45) is 81.9 Å². The molecule has 0 radical (unpaired) electrons. The molecule has 0 bridgehead atoms. The van der Waals surface area contributed by atoms with Crippen molar-refractivity contribution in [3.05, 3.63) is 49.6 Å². The van der Waals surface area contributed by atoms with E-state index in [0.717, 1.165) is 31.2 Å². The first-order valence-corrected chi connectivity index (χ1v) is 42.1. The van der Waals surface area contributed by atoms with Crippen molar-refractivity contribution in [1.82, 2.24) is 4.98 Å². The number of aryl methyl sites for hydroxylation is 1. The van der Waals surface area contributed by atoms with E-state index < -0.39 is 41.1 Å². The average Bonchev–Trinajstić information content (AvgIpc) is 0.856. The molecule has 1 atom stereocenters. The Bertz CT molecular complexity index is 3770. The van der Waals surface area contributed by atoms with Gasteiger partial charge < -0.3 is 18.6 Å². The zero-order valence-corrected chi connectivity index (χ0v) is 74.1. The summed E-state index contributed by atoms with van der Waals surface area (Å²) < 4.78 is 100. The highest BCUT2D eigenvalue weighted by atomic mass is 32.2. The molecular weight excluding hydrogens is 1450 g/mol. The molecular formula is C73H122N8O15S7. The Balaban J connectivity index is 0.000000589. The number of allylic oxidation sites excluding steroid dienone is 2. The number of amides is 4. The summed E-state index contributed by atoms with van der Waals surface area (Å²) in [6, 6.07) is 1.38. The van der Waals surface area contributed by atoms with Crippen LogP contribution in [0.4, 0.5) is 0 Å². The highest BCUT2D eigenvalue weighted by Gasteiger charge is 2.40. The predicted octanol–water partition coefficient (Wildman–Crippen LogP) is 17.3. The molecule has 8 rings (SSSR count). The van der Waals surface area contributed by atoms with E-state index in [9.17, 15) is 49.2 Å². The maximum absolute atomic E-state index is 11.6. The first-order valence-electron chi connectivity index (χ1n) is 34.0. The molecule has 23 nitrogen and oxygen atoms in total. The van der Waals surface area contributed by atoms with Gasteiger partial charge in [-0.05, 0) is 62.3 Å². The van der Waals surface area contributed by atoms with Gasteiger partial charge in [0.15, 0.2) is 11.8 Å². The second-order valence-corrected chi connectivity index (χ2v) is 46.6. The van der Waals surface area contributed by atoms with Gasteiger partial charge in [-0.15, -0.1) is 39.7 Å². The van der Waals surface area contributed by atoms with E-state index in [2.05, 4.69) is 93.5 Å². The summed E-state index contributed by atoms with van der Waals surface area (Å²) in [6.45, 7) is 70.7. The van der Waals surface area contributed by atoms with Crippen molar-refractivity contribution >= 4 is 139 Å². The van der Waals surface area contributed by atoms with Crippen molar-refractivity contribution in [3.8, 4) is 0 Å². The van der Waals surface area contributed by atoms with Gasteiger partial charge in [0, 0.05) is 76.5 Å². The summed E-state index contributed by atoms with van der Waals surface area (Å²) in [4.78, 5) is 77.3. The van der Waals surface area contributed by atoms with Crippen LogP contribution in [0, 0.1) is 55.7 Å². The number of aromatic nitrogens is 1. The van der Waals surface area contributed by atoms with Crippen LogP contribution in [0.2, 0.25) is 0 Å². The number of rotatable bonds is 0. The number of sulfonamides is 3. The van der Waals surface area contributed by atoms with E-state index >= 15 is 0 Å². The molecule has 0 aliphatic carbocycles. The fourth-order valence-electron chi connectivity index (χ4n) is 7.78. The smallest absolute Gasteiger partial charge is 0.281 e. The Hall–Kier alpha value is -4.62. The molecule has 1 aromatic rings. The fourth-order valence-corrected chi connectivity index (χ4v) is 17.1. The Kier molecular flexibility index (Phi) is 32.9. The van der Waals surface area contributed by atoms with Gasteiger partial charge >= 0.3 is 0 Å². The monoisotopic (exact) mass is 1570 g/mol. The second-order valence-electron chi connectivity index (χ2n) is 36.7. The Morgan fingerprint density at radius 2 is 0.961 bits per heavy atom. The van der Waals surface area contributed by atoms with Gasteiger partial charge in [0.05, 0.1) is 54.0 Å². The summed E-state index contributed by atoms with van der Waals surface area (Å²) >= 11 is 6.43. The zero-order chi connectivity index (χ0) is 81.3. The summed E-state index contributed by atoms with van der Waals surface area (Å²) in [7, 11) is -10.0. The molecule has 586 valence electrons. The number of nitrogens with zero attached hydrogens (tertiary/aromatic N) is 8. The van der Waals surface area contributed by atoms with Crippen LogP contribution in [-0.4, -0.2) is 125 Å². The van der Waals surface area contributed by atoms with Crippen molar-refractivity contribution < 1.29 is 63.1 Å². The lowest BCUT2D eigenvalue weighted by Gasteiger charge is -2.34. The molecule has 0 saturated carbocycles. The summed E-state index contributed by atoms with van der Waals surface area (Å²) in [6.07, 6.45) is 0.920. The summed E-state index contributed by atoms with van der Waals surface area (Å²) in [5, 5.41) is 5.66. The summed E-state index contributed by atoms with van der Waals surface area (Å²) in [5.74, 6) is 3.71. The van der Waals surface area contributed by atoms with E-state index in [4.69, 9.17) is 18.6 Å². The molecule has 0 fully saturated rings. The fraction of sp³-hybridized carbons (Fsp3) is 0.740. The van der Waals surface area contributed by atoms with E-state index in [1.165, 1.54) is 23.2 Å². The highest BCUT2D eigenvalue weighted by molar-refractivity contribution is 8.19. The number of hydrogen-bond donors (Lipinski definition) is 0. The second kappa shape index (κ2) is 35.2. The molecule has 30 heteroatoms. The van der Waals surface area contributed by atoms with Gasteiger partial charge in [-0.1, -0.05) is 199 Å². The van der Waals surface area contributed by atoms with Crippen LogP contribution in [0.5, 0.6) is 0 Å². The molecule has 8 heterocycles. The molecule has 7 aliphatic heterocycles. The Morgan fingerprint density at radius 1 is 0.495 bits per heavy atom. The van der Waals surface area contributed by atoms with E-state index in [-0.39, 0.29) is 99.6 Å². The van der Waals surface area contributed by atoms with Crippen molar-refractivity contribution in [3.63, 3.8) is 0 Å². The first kappa shape index (κ1) is 96.4. The molecule has 4 amide bonds. The van der Waals surface area contributed by atoms with E-state index in [1.807, 2.05) is 173 Å². The van der Waals surface area contributed by atoms with Gasteiger partial charge in [-0.2, -0.15) is 40.6 Å². The minimum Gasteiger partial charge on any atom is -0.479 e.